The highest BCUT2D eigenvalue weighted by Gasteiger charge is 2.15. The molecule has 5 nitrogen and oxygen atoms in total. The van der Waals surface area contributed by atoms with Gasteiger partial charge in [0.25, 0.3) is 0 Å². The Bertz CT molecular complexity index is 1000. The summed E-state index contributed by atoms with van der Waals surface area (Å²) in [7, 11) is -3.98. The lowest BCUT2D eigenvalue weighted by Crippen LogP contribution is -2.26. The lowest BCUT2D eigenvalue weighted by Gasteiger charge is -2.10. The summed E-state index contributed by atoms with van der Waals surface area (Å²) in [6.45, 7) is 0.328. The van der Waals surface area contributed by atoms with Crippen LogP contribution in [0.4, 0.5) is 8.78 Å². The second kappa shape index (κ2) is 7.76. The third kappa shape index (κ3) is 4.33. The number of ether oxygens (including phenoxy) is 1. The molecule has 0 fully saturated rings. The maximum Gasteiger partial charge on any atom is 0.240 e. The SMILES string of the molecule is O=S(=O)(NCCCOc1cccc2cccnc12)c1cc(F)cc(F)c1. The molecule has 0 unspecified atom stereocenters. The van der Waals surface area contributed by atoms with Gasteiger partial charge >= 0.3 is 0 Å². The van der Waals surface area contributed by atoms with E-state index in [0.29, 0.717) is 18.2 Å². The number of hydrogen-bond donors (Lipinski definition) is 1. The maximum atomic E-state index is 13.2. The smallest absolute Gasteiger partial charge is 0.240 e. The quantitative estimate of drug-likeness (QED) is 0.641. The van der Waals surface area contributed by atoms with Crippen LogP contribution >= 0.6 is 0 Å². The average Bonchev–Trinajstić information content (AvgIpc) is 2.60. The van der Waals surface area contributed by atoms with E-state index < -0.39 is 26.6 Å². The first-order chi connectivity index (χ1) is 12.5. The summed E-state index contributed by atoms with van der Waals surface area (Å²) < 4.78 is 58.4. The molecule has 3 rings (SSSR count). The highest BCUT2D eigenvalue weighted by Crippen LogP contribution is 2.22. The van der Waals surface area contributed by atoms with E-state index in [4.69, 9.17) is 4.74 Å². The molecule has 136 valence electrons. The van der Waals surface area contributed by atoms with Crippen molar-refractivity contribution in [2.24, 2.45) is 0 Å². The van der Waals surface area contributed by atoms with Crippen LogP contribution in [-0.4, -0.2) is 26.6 Å². The number of hydrogen-bond acceptors (Lipinski definition) is 4. The van der Waals surface area contributed by atoms with Gasteiger partial charge in [-0.15, -0.1) is 0 Å². The van der Waals surface area contributed by atoms with Gasteiger partial charge in [-0.1, -0.05) is 18.2 Å². The zero-order valence-corrected chi connectivity index (χ0v) is 14.5. The standard InChI is InChI=1S/C18H16F2N2O3S/c19-14-10-15(20)12-16(11-14)26(23,24)22-8-3-9-25-17-6-1-4-13-5-2-7-21-18(13)17/h1-2,4-7,10-12,22H,3,8-9H2. The van der Waals surface area contributed by atoms with Gasteiger partial charge in [0.05, 0.1) is 11.5 Å². The molecule has 0 bridgehead atoms. The zero-order valence-electron chi connectivity index (χ0n) is 13.7. The molecule has 2 aromatic carbocycles. The number of nitrogens with zero attached hydrogens (tertiary/aromatic N) is 1. The van der Waals surface area contributed by atoms with Crippen molar-refractivity contribution in [3.8, 4) is 5.75 Å². The first kappa shape index (κ1) is 18.2. The van der Waals surface area contributed by atoms with E-state index in [9.17, 15) is 17.2 Å². The number of sulfonamides is 1. The number of nitrogens with one attached hydrogen (secondary N) is 1. The van der Waals surface area contributed by atoms with Crippen LogP contribution in [0.15, 0.2) is 59.6 Å². The number of halogens is 2. The van der Waals surface area contributed by atoms with Gasteiger partial charge in [0.15, 0.2) is 0 Å². The lowest BCUT2D eigenvalue weighted by molar-refractivity contribution is 0.314. The largest absolute Gasteiger partial charge is 0.491 e. The van der Waals surface area contributed by atoms with E-state index in [-0.39, 0.29) is 13.2 Å². The van der Waals surface area contributed by atoms with Crippen LogP contribution in [0.3, 0.4) is 0 Å². The second-order valence-electron chi connectivity index (χ2n) is 5.54. The number of rotatable bonds is 7. The zero-order chi connectivity index (χ0) is 18.6. The van der Waals surface area contributed by atoms with Gasteiger partial charge in [-0.2, -0.15) is 0 Å². The molecule has 1 N–H and O–H groups in total. The molecule has 26 heavy (non-hydrogen) atoms. The molecular formula is C18H16F2N2O3S. The first-order valence-electron chi connectivity index (χ1n) is 7.88. The van der Waals surface area contributed by atoms with Gasteiger partial charge < -0.3 is 4.74 Å². The number of aromatic nitrogens is 1. The number of fused-ring (bicyclic) bond motifs is 1. The van der Waals surface area contributed by atoms with Crippen LogP contribution in [-0.2, 0) is 10.0 Å². The van der Waals surface area contributed by atoms with Crippen molar-refractivity contribution < 1.29 is 21.9 Å². The number of benzene rings is 2. The number of para-hydroxylation sites is 1. The van der Waals surface area contributed by atoms with Crippen LogP contribution in [0, 0.1) is 11.6 Å². The van der Waals surface area contributed by atoms with Crippen molar-refractivity contribution >= 4 is 20.9 Å². The van der Waals surface area contributed by atoms with Gasteiger partial charge in [-0.05, 0) is 30.7 Å². The molecule has 1 heterocycles. The fourth-order valence-corrected chi connectivity index (χ4v) is 3.54. The minimum Gasteiger partial charge on any atom is -0.491 e. The average molecular weight is 378 g/mol. The van der Waals surface area contributed by atoms with Crippen LogP contribution in [0.5, 0.6) is 5.75 Å². The molecule has 0 saturated carbocycles. The molecule has 3 aromatic rings. The van der Waals surface area contributed by atoms with Crippen molar-refractivity contribution in [2.75, 3.05) is 13.2 Å². The molecule has 0 aliphatic heterocycles. The van der Waals surface area contributed by atoms with E-state index in [1.54, 1.807) is 12.3 Å². The van der Waals surface area contributed by atoms with Crippen molar-refractivity contribution in [1.29, 1.82) is 0 Å². The van der Waals surface area contributed by atoms with Gasteiger partial charge in [-0.3, -0.25) is 4.98 Å². The van der Waals surface area contributed by atoms with Crippen molar-refractivity contribution in [3.63, 3.8) is 0 Å². The lowest BCUT2D eigenvalue weighted by atomic mass is 10.2. The van der Waals surface area contributed by atoms with Crippen molar-refractivity contribution in [2.45, 2.75) is 11.3 Å². The minimum atomic E-state index is -3.98. The van der Waals surface area contributed by atoms with Crippen LogP contribution in [0.2, 0.25) is 0 Å². The predicted octanol–water partition coefficient (Wildman–Crippen LogP) is 3.26. The number of pyridine rings is 1. The van der Waals surface area contributed by atoms with Crippen LogP contribution in [0.1, 0.15) is 6.42 Å². The van der Waals surface area contributed by atoms with Crippen LogP contribution in [0.25, 0.3) is 10.9 Å². The summed E-state index contributed by atoms with van der Waals surface area (Å²) >= 11 is 0. The first-order valence-corrected chi connectivity index (χ1v) is 9.36. The van der Waals surface area contributed by atoms with E-state index in [1.165, 1.54) is 0 Å². The van der Waals surface area contributed by atoms with E-state index in [0.717, 1.165) is 23.0 Å². The molecule has 0 aliphatic rings. The molecule has 8 heteroatoms. The van der Waals surface area contributed by atoms with Crippen molar-refractivity contribution in [3.05, 3.63) is 66.4 Å². The van der Waals surface area contributed by atoms with E-state index in [1.807, 2.05) is 24.3 Å². The topological polar surface area (TPSA) is 68.3 Å². The summed E-state index contributed by atoms with van der Waals surface area (Å²) in [5.41, 5.74) is 0.728. The van der Waals surface area contributed by atoms with Gasteiger partial charge in [0, 0.05) is 24.2 Å². The Hall–Kier alpha value is -2.58. The monoisotopic (exact) mass is 378 g/mol. The molecular weight excluding hydrogens is 362 g/mol. The van der Waals surface area contributed by atoms with Crippen LogP contribution < -0.4 is 9.46 Å². The predicted molar refractivity (Wildman–Crippen MR) is 93.4 cm³/mol. The third-order valence-electron chi connectivity index (χ3n) is 3.61. The Morgan fingerprint density at radius 1 is 1.04 bits per heavy atom. The summed E-state index contributed by atoms with van der Waals surface area (Å²) in [5, 5.41) is 0.943. The fourth-order valence-electron chi connectivity index (χ4n) is 2.42. The molecule has 0 aliphatic carbocycles. The van der Waals surface area contributed by atoms with E-state index >= 15 is 0 Å². The maximum absolute atomic E-state index is 13.2. The minimum absolute atomic E-state index is 0.0681. The molecule has 0 amide bonds. The summed E-state index contributed by atoms with van der Waals surface area (Å²) in [4.78, 5) is 3.82. The molecule has 0 radical (unpaired) electrons. The van der Waals surface area contributed by atoms with E-state index in [2.05, 4.69) is 9.71 Å². The van der Waals surface area contributed by atoms with Gasteiger partial charge in [0.1, 0.15) is 22.9 Å². The Morgan fingerprint density at radius 3 is 2.54 bits per heavy atom. The molecule has 1 aromatic heterocycles. The Morgan fingerprint density at radius 2 is 1.77 bits per heavy atom. The highest BCUT2D eigenvalue weighted by atomic mass is 32.2. The molecule has 0 saturated heterocycles. The molecule has 0 spiro atoms. The third-order valence-corrected chi connectivity index (χ3v) is 5.05. The summed E-state index contributed by atoms with van der Waals surface area (Å²) in [6, 6.07) is 11.5. The Balaban J connectivity index is 1.55. The Labute approximate surface area is 149 Å². The Kier molecular flexibility index (Phi) is 5.43. The second-order valence-corrected chi connectivity index (χ2v) is 7.30. The normalized spacial score (nSPS) is 11.6. The van der Waals surface area contributed by atoms with Gasteiger partial charge in [0.2, 0.25) is 10.0 Å². The highest BCUT2D eigenvalue weighted by molar-refractivity contribution is 7.89. The van der Waals surface area contributed by atoms with Crippen molar-refractivity contribution in [1.82, 2.24) is 9.71 Å². The molecule has 0 atom stereocenters. The summed E-state index contributed by atoms with van der Waals surface area (Å²) in [5.74, 6) is -1.28. The fraction of sp³-hybridized carbons (Fsp3) is 0.167. The van der Waals surface area contributed by atoms with Gasteiger partial charge in [-0.25, -0.2) is 21.9 Å². The summed E-state index contributed by atoms with van der Waals surface area (Å²) in [6.07, 6.45) is 2.04.